The zero-order valence-corrected chi connectivity index (χ0v) is 13.0. The Labute approximate surface area is 139 Å². The first-order chi connectivity index (χ1) is 12.2. The number of carbonyl (C=O) groups excluding carboxylic acids is 1. The van der Waals surface area contributed by atoms with Crippen LogP contribution in [0.1, 0.15) is 34.5 Å². The Kier molecular flexibility index (Phi) is 1.96. The monoisotopic (exact) mass is 318 g/mol. The van der Waals surface area contributed by atoms with E-state index in [9.17, 15) is 9.90 Å². The molecule has 0 unspecified atom stereocenters. The molecule has 2 bridgehead atoms. The van der Waals surface area contributed by atoms with Crippen molar-refractivity contribution in [3.63, 3.8) is 0 Å². The summed E-state index contributed by atoms with van der Waals surface area (Å²) >= 11 is 0. The average Bonchev–Trinajstić information content (AvgIpc) is 2.92. The molecular formula is C18H21NO4. The lowest BCUT2D eigenvalue weighted by Crippen LogP contribution is -2.76. The Morgan fingerprint density at radius 1 is 1.48 bits per heavy atom. The van der Waals surface area contributed by atoms with Crippen LogP contribution in [-0.2, 0) is 16.6 Å². The van der Waals surface area contributed by atoms with E-state index in [1.165, 1.54) is 4.90 Å². The molecule has 2 fully saturated rings. The number of ketones is 1. The van der Waals surface area contributed by atoms with Crippen LogP contribution < -0.4 is 9.47 Å². The van der Waals surface area contributed by atoms with Crippen LogP contribution in [0, 0.1) is 0 Å². The summed E-state index contributed by atoms with van der Waals surface area (Å²) in [5.41, 5.74) is -0.379. The van der Waals surface area contributed by atoms with Crippen molar-refractivity contribution in [1.82, 2.24) is 4.90 Å². The van der Waals surface area contributed by atoms with Crippen LogP contribution in [0.4, 0.5) is 0 Å². The minimum atomic E-state index is -2.29. The average molecular weight is 318 g/mol. The molecule has 4 atom stereocenters. The highest BCUT2D eigenvalue weighted by Gasteiger charge is 2.72. The predicted molar refractivity (Wildman–Crippen MR) is 83.0 cm³/mol. The molecule has 1 spiro atoms. The molecule has 1 saturated carbocycles. The number of carbonyl (C=O) groups is 1. The lowest BCUT2D eigenvalue weighted by molar-refractivity contribution is -0.185. The van der Waals surface area contributed by atoms with Gasteiger partial charge >= 0.3 is 0 Å². The molecule has 1 N–H and O–H groups in total. The van der Waals surface area contributed by atoms with Crippen LogP contribution in [0.5, 0.6) is 11.5 Å². The summed E-state index contributed by atoms with van der Waals surface area (Å²) in [7, 11) is 1.55. The maximum absolute atomic E-state index is 12.7. The number of Topliss-reactive ketones (excluding diaryl/α,β-unsaturated/α-hetero) is 1. The van der Waals surface area contributed by atoms with Crippen molar-refractivity contribution in [3.05, 3.63) is 23.3 Å². The van der Waals surface area contributed by atoms with Crippen molar-refractivity contribution in [2.24, 2.45) is 0 Å². The topological polar surface area (TPSA) is 59.0 Å². The second-order valence-electron chi connectivity index (χ2n) is 7.15. The van der Waals surface area contributed by atoms with Gasteiger partial charge in [0.1, 0.15) is 0 Å². The number of hydrogen-bond acceptors (Lipinski definition) is 5. The van der Waals surface area contributed by atoms with Gasteiger partial charge in [-0.25, -0.2) is 0 Å². The molecule has 5 rings (SSSR count). The molecule has 0 radical (unpaired) electrons. The number of nitrogens with zero attached hydrogens (tertiary/aromatic N) is 1. The summed E-state index contributed by atoms with van der Waals surface area (Å²) in [4.78, 5) is 14.2. The lowest BCUT2D eigenvalue weighted by atomic mass is 9.49. The first-order valence-corrected chi connectivity index (χ1v) is 8.13. The van der Waals surface area contributed by atoms with Crippen LogP contribution in [-0.4, -0.2) is 54.2 Å². The van der Waals surface area contributed by atoms with Gasteiger partial charge in [-0.1, -0.05) is 6.07 Å². The Hall–Kier alpha value is -1.59. The third-order valence-corrected chi connectivity index (χ3v) is 6.46. The van der Waals surface area contributed by atoms with Crippen molar-refractivity contribution in [1.29, 1.82) is 0 Å². The maximum Gasteiger partial charge on any atom is 0.174 e. The zero-order valence-electron chi connectivity index (χ0n) is 16.0. The molecule has 0 aromatic heterocycles. The van der Waals surface area contributed by atoms with E-state index in [0.717, 1.165) is 11.1 Å². The third-order valence-electron chi connectivity index (χ3n) is 6.46. The Morgan fingerprint density at radius 2 is 2.35 bits per heavy atom. The smallest absolute Gasteiger partial charge is 0.174 e. The molecule has 2 aliphatic carbocycles. The number of aliphatic hydroxyl groups is 1. The van der Waals surface area contributed by atoms with E-state index in [2.05, 4.69) is 0 Å². The predicted octanol–water partition coefficient (Wildman–Crippen LogP) is 1.05. The molecule has 122 valence electrons. The van der Waals surface area contributed by atoms with Crippen LogP contribution in [0.25, 0.3) is 0 Å². The SMILES string of the molecule is [2H]C([2H])([2H])N1CC[C@@]23c4c5ccc(OC)c4O[C@H]2C(=O)CC[C@]3(O)[C@H]1C5. The summed E-state index contributed by atoms with van der Waals surface area (Å²) in [5.74, 6) is 1.07. The number of likely N-dealkylation sites (N-methyl/N-ethyl adjacent to an activating group) is 1. The van der Waals surface area contributed by atoms with Crippen LogP contribution in [0.3, 0.4) is 0 Å². The fourth-order valence-corrected chi connectivity index (χ4v) is 5.48. The molecule has 2 heterocycles. The Morgan fingerprint density at radius 3 is 3.13 bits per heavy atom. The van der Waals surface area contributed by atoms with Crippen molar-refractivity contribution >= 4 is 5.78 Å². The normalized spacial score (nSPS) is 43.0. The highest BCUT2D eigenvalue weighted by molar-refractivity contribution is 5.90. The van der Waals surface area contributed by atoms with E-state index in [-0.39, 0.29) is 18.6 Å². The number of methoxy groups -OCH3 is 1. The van der Waals surface area contributed by atoms with Gasteiger partial charge in [0.2, 0.25) is 0 Å². The number of rotatable bonds is 1. The van der Waals surface area contributed by atoms with E-state index in [1.807, 2.05) is 6.07 Å². The number of hydrogen-bond donors (Lipinski definition) is 1. The van der Waals surface area contributed by atoms with Crippen LogP contribution >= 0.6 is 0 Å². The first kappa shape index (κ1) is 11.0. The number of likely N-dealkylation sites (tertiary alicyclic amines) is 1. The van der Waals surface area contributed by atoms with E-state index in [1.54, 1.807) is 13.2 Å². The van der Waals surface area contributed by atoms with Gasteiger partial charge in [0.05, 0.1) is 18.1 Å². The summed E-state index contributed by atoms with van der Waals surface area (Å²) in [6.45, 7) is -1.99. The van der Waals surface area contributed by atoms with Crippen LogP contribution in [0.15, 0.2) is 12.1 Å². The minimum Gasteiger partial charge on any atom is -0.493 e. The summed E-state index contributed by atoms with van der Waals surface area (Å²) in [5, 5.41) is 11.9. The van der Waals surface area contributed by atoms with Gasteiger partial charge in [-0.15, -0.1) is 0 Å². The molecule has 2 aliphatic heterocycles. The Balaban J connectivity index is 1.80. The van der Waals surface area contributed by atoms with Gasteiger partial charge in [0.15, 0.2) is 23.4 Å². The number of benzene rings is 1. The molecule has 1 aromatic rings. The fraction of sp³-hybridized carbons (Fsp3) is 0.611. The van der Waals surface area contributed by atoms with E-state index in [0.29, 0.717) is 30.9 Å². The summed E-state index contributed by atoms with van der Waals surface area (Å²) in [6.07, 6.45) is 0.488. The first-order valence-electron chi connectivity index (χ1n) is 9.63. The number of ether oxygens (including phenoxy) is 2. The molecule has 1 saturated heterocycles. The van der Waals surface area contributed by atoms with Crippen molar-refractivity contribution in [3.8, 4) is 11.5 Å². The van der Waals surface area contributed by atoms with Gasteiger partial charge < -0.3 is 19.5 Å². The molecular weight excluding hydrogens is 294 g/mol. The van der Waals surface area contributed by atoms with Gasteiger partial charge in [0, 0.05) is 22.1 Å². The quantitative estimate of drug-likeness (QED) is 0.839. The third kappa shape index (κ3) is 1.32. The molecule has 4 aliphatic rings. The largest absolute Gasteiger partial charge is 0.493 e. The van der Waals surface area contributed by atoms with Crippen molar-refractivity contribution in [2.75, 3.05) is 20.6 Å². The highest BCUT2D eigenvalue weighted by Crippen LogP contribution is 2.64. The molecule has 5 heteroatoms. The van der Waals surface area contributed by atoms with Crippen LogP contribution in [0.2, 0.25) is 0 Å². The summed E-state index contributed by atoms with van der Waals surface area (Å²) < 4.78 is 35.3. The number of piperidine rings is 1. The van der Waals surface area contributed by atoms with E-state index in [4.69, 9.17) is 13.6 Å². The van der Waals surface area contributed by atoms with Crippen molar-refractivity contribution in [2.45, 2.75) is 48.8 Å². The fourth-order valence-electron chi connectivity index (χ4n) is 5.48. The van der Waals surface area contributed by atoms with Gasteiger partial charge in [0.25, 0.3) is 0 Å². The molecule has 5 nitrogen and oxygen atoms in total. The highest BCUT2D eigenvalue weighted by atomic mass is 16.5. The van der Waals surface area contributed by atoms with Crippen molar-refractivity contribution < 1.29 is 23.5 Å². The van der Waals surface area contributed by atoms with Gasteiger partial charge in [-0.05, 0) is 44.4 Å². The lowest BCUT2D eigenvalue weighted by Gasteiger charge is -2.62. The molecule has 0 amide bonds. The Bertz CT molecular complexity index is 825. The standard InChI is InChI=1S/C18H21NO4/c1-19-8-7-17-14-10-3-4-12(22-2)15(14)23-16(17)11(20)5-6-18(17,21)13(19)9-10/h3-4,13,16,21H,5-9H2,1-2H3/t13-,16+,17-,18+/m1/s1/i1D3. The van der Waals surface area contributed by atoms with Gasteiger partial charge in [-0.3, -0.25) is 4.79 Å². The molecule has 23 heavy (non-hydrogen) atoms. The van der Waals surface area contributed by atoms with E-state index < -0.39 is 30.1 Å². The van der Waals surface area contributed by atoms with Gasteiger partial charge in [-0.2, -0.15) is 0 Å². The van der Waals surface area contributed by atoms with E-state index >= 15 is 0 Å². The minimum absolute atomic E-state index is 0.0261. The zero-order chi connectivity index (χ0) is 18.5. The maximum atomic E-state index is 12.7. The second kappa shape index (κ2) is 4.08. The molecule has 1 aromatic carbocycles. The second-order valence-corrected chi connectivity index (χ2v) is 7.15. The summed E-state index contributed by atoms with van der Waals surface area (Å²) in [6, 6.07) is 3.15.